The lowest BCUT2D eigenvalue weighted by Crippen LogP contribution is -2.47. The van der Waals surface area contributed by atoms with E-state index in [1.807, 2.05) is 24.3 Å². The second-order valence-corrected chi connectivity index (χ2v) is 7.48. The Bertz CT molecular complexity index is 942. The molecule has 1 N–H and O–H groups in total. The smallest absolute Gasteiger partial charge is 0.322 e. The molecule has 6 nitrogen and oxygen atoms in total. The Hall–Kier alpha value is -2.63. The van der Waals surface area contributed by atoms with Crippen LogP contribution in [0.15, 0.2) is 29.1 Å². The van der Waals surface area contributed by atoms with Crippen molar-refractivity contribution >= 4 is 11.9 Å². The van der Waals surface area contributed by atoms with Crippen molar-refractivity contribution in [1.82, 2.24) is 9.97 Å². The Labute approximate surface area is 151 Å². The van der Waals surface area contributed by atoms with Gasteiger partial charge in [-0.3, -0.25) is 14.6 Å². The molecule has 1 spiro atoms. The van der Waals surface area contributed by atoms with Gasteiger partial charge in [-0.1, -0.05) is 18.2 Å². The Kier molecular flexibility index (Phi) is 3.42. The molecule has 6 heteroatoms. The standard InChI is InChI=1S/C20H21N3O3/c24-17-13-5-1-3-7-15(13)21-19(22-17)23-11-9-20(10-12-23)14-6-2-4-8-16(14)26-18(20)25/h2,4,6,8H,1,3,5,7,9-12H2,(H,21,22,24). The minimum Gasteiger partial charge on any atom is -0.426 e. The zero-order valence-electron chi connectivity index (χ0n) is 14.6. The molecular formula is C20H21N3O3. The Morgan fingerprint density at radius 2 is 1.85 bits per heavy atom. The summed E-state index contributed by atoms with van der Waals surface area (Å²) in [7, 11) is 0. The maximum atomic E-state index is 12.6. The fraction of sp³-hybridized carbons (Fsp3) is 0.450. The maximum Gasteiger partial charge on any atom is 0.322 e. The number of ether oxygens (including phenoxy) is 1. The minimum atomic E-state index is -0.554. The number of para-hydroxylation sites is 1. The first-order valence-corrected chi connectivity index (χ1v) is 9.36. The van der Waals surface area contributed by atoms with Crippen LogP contribution in [0.5, 0.6) is 5.75 Å². The third-order valence-electron chi connectivity index (χ3n) is 6.09. The summed E-state index contributed by atoms with van der Waals surface area (Å²) in [5.41, 5.74) is 2.23. The molecule has 0 bridgehead atoms. The van der Waals surface area contributed by atoms with Gasteiger partial charge in [0.05, 0.1) is 5.69 Å². The summed E-state index contributed by atoms with van der Waals surface area (Å²) in [5, 5.41) is 0. The highest BCUT2D eigenvalue weighted by molar-refractivity contribution is 5.91. The molecule has 134 valence electrons. The first-order valence-electron chi connectivity index (χ1n) is 9.36. The van der Waals surface area contributed by atoms with Crippen LogP contribution in [0.2, 0.25) is 0 Å². The summed E-state index contributed by atoms with van der Waals surface area (Å²) >= 11 is 0. The summed E-state index contributed by atoms with van der Waals surface area (Å²) in [6.07, 6.45) is 5.19. The third-order valence-corrected chi connectivity index (χ3v) is 6.09. The topological polar surface area (TPSA) is 75.3 Å². The molecule has 1 aromatic carbocycles. The summed E-state index contributed by atoms with van der Waals surface area (Å²) in [5.74, 6) is 1.18. The average molecular weight is 351 g/mol. The highest BCUT2D eigenvalue weighted by Crippen LogP contribution is 2.46. The number of carbonyl (C=O) groups excluding carboxylic acids is 1. The molecule has 2 aromatic rings. The van der Waals surface area contributed by atoms with Crippen molar-refractivity contribution in [2.45, 2.75) is 43.9 Å². The van der Waals surface area contributed by atoms with E-state index in [4.69, 9.17) is 9.72 Å². The van der Waals surface area contributed by atoms with Crippen LogP contribution in [-0.2, 0) is 23.1 Å². The zero-order chi connectivity index (χ0) is 17.7. The van der Waals surface area contributed by atoms with Crippen LogP contribution in [0.1, 0.15) is 42.5 Å². The van der Waals surface area contributed by atoms with E-state index in [2.05, 4.69) is 9.88 Å². The number of fused-ring (bicyclic) bond motifs is 3. The van der Waals surface area contributed by atoms with E-state index in [1.165, 1.54) is 0 Å². The molecule has 1 aliphatic carbocycles. The van der Waals surface area contributed by atoms with Crippen LogP contribution < -0.4 is 15.2 Å². The molecule has 26 heavy (non-hydrogen) atoms. The number of hydrogen-bond donors (Lipinski definition) is 1. The number of benzene rings is 1. The van der Waals surface area contributed by atoms with Gasteiger partial charge in [0.1, 0.15) is 11.2 Å². The third kappa shape index (κ3) is 2.21. The van der Waals surface area contributed by atoms with Gasteiger partial charge >= 0.3 is 5.97 Å². The number of anilines is 1. The van der Waals surface area contributed by atoms with Crippen molar-refractivity contribution in [3.05, 3.63) is 51.4 Å². The Morgan fingerprint density at radius 1 is 1.08 bits per heavy atom. The summed E-state index contributed by atoms with van der Waals surface area (Å²) in [6, 6.07) is 7.70. The van der Waals surface area contributed by atoms with Crippen molar-refractivity contribution in [3.63, 3.8) is 0 Å². The fourth-order valence-electron chi connectivity index (χ4n) is 4.57. The second kappa shape index (κ2) is 5.69. The molecule has 5 rings (SSSR count). The predicted octanol–water partition coefficient (Wildman–Crippen LogP) is 2.11. The quantitative estimate of drug-likeness (QED) is 0.629. The molecule has 3 aliphatic rings. The number of H-pyrrole nitrogens is 1. The lowest BCUT2D eigenvalue weighted by atomic mass is 9.74. The largest absolute Gasteiger partial charge is 0.426 e. The number of hydrogen-bond acceptors (Lipinski definition) is 5. The predicted molar refractivity (Wildman–Crippen MR) is 96.7 cm³/mol. The SMILES string of the molecule is O=C1Oc2ccccc2C12CCN(c1nc3c(c(=O)[nH]1)CCCC3)CC2. The van der Waals surface area contributed by atoms with E-state index in [0.29, 0.717) is 37.6 Å². The van der Waals surface area contributed by atoms with E-state index in [0.717, 1.165) is 42.5 Å². The molecule has 1 saturated heterocycles. The number of aromatic amines is 1. The van der Waals surface area contributed by atoms with E-state index in [-0.39, 0.29) is 11.5 Å². The number of aromatic nitrogens is 2. The van der Waals surface area contributed by atoms with Gasteiger partial charge in [0.25, 0.3) is 5.56 Å². The van der Waals surface area contributed by atoms with Crippen molar-refractivity contribution < 1.29 is 9.53 Å². The normalized spacial score (nSPS) is 20.6. The van der Waals surface area contributed by atoms with E-state index in [1.54, 1.807) is 0 Å². The molecule has 0 atom stereocenters. The van der Waals surface area contributed by atoms with Gasteiger partial charge in [-0.25, -0.2) is 4.98 Å². The summed E-state index contributed by atoms with van der Waals surface area (Å²) in [6.45, 7) is 1.34. The summed E-state index contributed by atoms with van der Waals surface area (Å²) < 4.78 is 5.50. The zero-order valence-corrected chi connectivity index (χ0v) is 14.6. The number of nitrogens with zero attached hydrogens (tertiary/aromatic N) is 2. The second-order valence-electron chi connectivity index (χ2n) is 7.48. The van der Waals surface area contributed by atoms with E-state index < -0.39 is 5.41 Å². The lowest BCUT2D eigenvalue weighted by molar-refractivity contribution is -0.139. The molecule has 0 unspecified atom stereocenters. The maximum absolute atomic E-state index is 12.6. The molecule has 2 aliphatic heterocycles. The fourth-order valence-corrected chi connectivity index (χ4v) is 4.57. The van der Waals surface area contributed by atoms with Crippen LogP contribution in [0, 0.1) is 0 Å². The van der Waals surface area contributed by atoms with Gasteiger partial charge in [-0.05, 0) is 44.6 Å². The van der Waals surface area contributed by atoms with Gasteiger partial charge < -0.3 is 9.64 Å². The molecule has 0 saturated carbocycles. The first kappa shape index (κ1) is 15.6. The highest BCUT2D eigenvalue weighted by Gasteiger charge is 2.50. The number of piperidine rings is 1. The van der Waals surface area contributed by atoms with Crippen molar-refractivity contribution in [3.8, 4) is 5.75 Å². The van der Waals surface area contributed by atoms with E-state index >= 15 is 0 Å². The number of nitrogens with one attached hydrogen (secondary N) is 1. The first-order chi connectivity index (χ1) is 12.7. The number of aryl methyl sites for hydroxylation is 1. The number of rotatable bonds is 1. The molecule has 3 heterocycles. The van der Waals surface area contributed by atoms with Gasteiger partial charge in [-0.2, -0.15) is 0 Å². The van der Waals surface area contributed by atoms with Crippen LogP contribution in [0.4, 0.5) is 5.95 Å². The van der Waals surface area contributed by atoms with Gasteiger partial charge in [0, 0.05) is 24.2 Å². The highest BCUT2D eigenvalue weighted by atomic mass is 16.5. The van der Waals surface area contributed by atoms with Crippen molar-refractivity contribution in [2.24, 2.45) is 0 Å². The molecule has 0 amide bonds. The van der Waals surface area contributed by atoms with E-state index in [9.17, 15) is 9.59 Å². The number of carbonyl (C=O) groups is 1. The van der Waals surface area contributed by atoms with Crippen molar-refractivity contribution in [2.75, 3.05) is 18.0 Å². The van der Waals surface area contributed by atoms with Crippen LogP contribution >= 0.6 is 0 Å². The van der Waals surface area contributed by atoms with Crippen LogP contribution in [0.3, 0.4) is 0 Å². The average Bonchev–Trinajstić information content (AvgIpc) is 2.94. The Morgan fingerprint density at radius 3 is 2.69 bits per heavy atom. The molecule has 1 aromatic heterocycles. The van der Waals surface area contributed by atoms with Crippen molar-refractivity contribution in [1.29, 1.82) is 0 Å². The van der Waals surface area contributed by atoms with Gasteiger partial charge in [0.15, 0.2) is 0 Å². The van der Waals surface area contributed by atoms with Gasteiger partial charge in [0.2, 0.25) is 5.95 Å². The molecule has 0 radical (unpaired) electrons. The Balaban J connectivity index is 1.42. The molecule has 1 fully saturated rings. The lowest BCUT2D eigenvalue weighted by Gasteiger charge is -2.37. The minimum absolute atomic E-state index is 0.00407. The monoisotopic (exact) mass is 351 g/mol. The number of esters is 1. The summed E-state index contributed by atoms with van der Waals surface area (Å²) in [4.78, 5) is 34.8. The molecular weight excluding hydrogens is 330 g/mol. The van der Waals surface area contributed by atoms with Gasteiger partial charge in [-0.15, -0.1) is 0 Å². The van der Waals surface area contributed by atoms with Crippen LogP contribution in [-0.4, -0.2) is 29.0 Å². The van der Waals surface area contributed by atoms with Crippen LogP contribution in [0.25, 0.3) is 0 Å².